The second-order valence-corrected chi connectivity index (χ2v) is 6.64. The molecule has 0 aliphatic rings. The van der Waals surface area contributed by atoms with Crippen molar-refractivity contribution in [3.05, 3.63) is 24.3 Å². The van der Waals surface area contributed by atoms with Crippen LogP contribution in [0.1, 0.15) is 33.6 Å². The number of hydrogen-bond donors (Lipinski definition) is 0. The highest BCUT2D eigenvalue weighted by Gasteiger charge is 2.09. The van der Waals surface area contributed by atoms with Gasteiger partial charge in [0.25, 0.3) is 0 Å². The molecular weight excluding hydrogens is 250 g/mol. The van der Waals surface area contributed by atoms with Gasteiger partial charge in [0.05, 0.1) is 6.61 Å². The van der Waals surface area contributed by atoms with E-state index in [2.05, 4.69) is 25.7 Å². The van der Waals surface area contributed by atoms with Gasteiger partial charge in [-0.25, -0.2) is 0 Å². The number of ether oxygens (including phenoxy) is 2. The molecule has 0 saturated carbocycles. The standard InChI is InChI=1S/C17H29NO2/c1-17(2,3)10-7-12-19-15-8-6-9-16(14-15)20-13-11-18(4)5/h6,8-9,14H,7,10-13H2,1-5H3. The maximum Gasteiger partial charge on any atom is 0.123 e. The van der Waals surface area contributed by atoms with Crippen molar-refractivity contribution in [1.29, 1.82) is 0 Å². The Morgan fingerprint density at radius 2 is 1.60 bits per heavy atom. The molecule has 0 aliphatic heterocycles. The second kappa shape index (κ2) is 8.15. The van der Waals surface area contributed by atoms with Gasteiger partial charge in [0.15, 0.2) is 0 Å². The van der Waals surface area contributed by atoms with Gasteiger partial charge < -0.3 is 14.4 Å². The van der Waals surface area contributed by atoms with Crippen molar-refractivity contribution in [2.45, 2.75) is 33.6 Å². The van der Waals surface area contributed by atoms with Crippen LogP contribution in [-0.4, -0.2) is 38.8 Å². The number of rotatable bonds is 8. The van der Waals surface area contributed by atoms with Crippen LogP contribution < -0.4 is 9.47 Å². The van der Waals surface area contributed by atoms with E-state index in [-0.39, 0.29) is 0 Å². The fraction of sp³-hybridized carbons (Fsp3) is 0.647. The zero-order valence-corrected chi connectivity index (χ0v) is 13.6. The minimum absolute atomic E-state index is 0.375. The lowest BCUT2D eigenvalue weighted by molar-refractivity contribution is 0.254. The van der Waals surface area contributed by atoms with Gasteiger partial charge in [-0.1, -0.05) is 26.8 Å². The first-order chi connectivity index (χ1) is 9.37. The van der Waals surface area contributed by atoms with Crippen LogP contribution >= 0.6 is 0 Å². The summed E-state index contributed by atoms with van der Waals surface area (Å²) in [6.45, 7) is 9.14. The molecule has 1 rings (SSSR count). The van der Waals surface area contributed by atoms with Gasteiger partial charge in [0.1, 0.15) is 18.1 Å². The summed E-state index contributed by atoms with van der Waals surface area (Å²) < 4.78 is 11.5. The van der Waals surface area contributed by atoms with E-state index in [4.69, 9.17) is 9.47 Å². The van der Waals surface area contributed by atoms with Crippen LogP contribution in [0.2, 0.25) is 0 Å². The summed E-state index contributed by atoms with van der Waals surface area (Å²) in [7, 11) is 4.08. The van der Waals surface area contributed by atoms with Crippen molar-refractivity contribution in [2.24, 2.45) is 5.41 Å². The Balaban J connectivity index is 2.32. The predicted molar refractivity (Wildman–Crippen MR) is 84.7 cm³/mol. The zero-order chi connectivity index (χ0) is 15.0. The Morgan fingerprint density at radius 3 is 2.15 bits per heavy atom. The van der Waals surface area contributed by atoms with Gasteiger partial charge in [0.2, 0.25) is 0 Å². The summed E-state index contributed by atoms with van der Waals surface area (Å²) in [6, 6.07) is 7.89. The SMILES string of the molecule is CN(C)CCOc1cccc(OCCCC(C)(C)C)c1. The van der Waals surface area contributed by atoms with E-state index in [0.29, 0.717) is 12.0 Å². The van der Waals surface area contributed by atoms with Gasteiger partial charge in [-0.3, -0.25) is 0 Å². The Bertz CT molecular complexity index is 383. The van der Waals surface area contributed by atoms with E-state index in [1.165, 1.54) is 6.42 Å². The molecule has 0 spiro atoms. The number of nitrogens with zero attached hydrogens (tertiary/aromatic N) is 1. The van der Waals surface area contributed by atoms with Crippen LogP contribution in [0.15, 0.2) is 24.3 Å². The van der Waals surface area contributed by atoms with Crippen LogP contribution in [0.4, 0.5) is 0 Å². The maximum atomic E-state index is 5.78. The molecule has 0 atom stereocenters. The lowest BCUT2D eigenvalue weighted by Gasteiger charge is -2.18. The Kier molecular flexibility index (Phi) is 6.86. The average molecular weight is 279 g/mol. The molecule has 20 heavy (non-hydrogen) atoms. The first-order valence-corrected chi connectivity index (χ1v) is 7.37. The largest absolute Gasteiger partial charge is 0.493 e. The van der Waals surface area contributed by atoms with Crippen molar-refractivity contribution >= 4 is 0 Å². The molecule has 0 amide bonds. The molecule has 0 N–H and O–H groups in total. The number of benzene rings is 1. The summed E-state index contributed by atoms with van der Waals surface area (Å²) in [4.78, 5) is 2.10. The summed E-state index contributed by atoms with van der Waals surface area (Å²) in [5, 5.41) is 0. The van der Waals surface area contributed by atoms with E-state index < -0.39 is 0 Å². The maximum absolute atomic E-state index is 5.78. The van der Waals surface area contributed by atoms with E-state index in [1.807, 2.05) is 38.4 Å². The lowest BCUT2D eigenvalue weighted by atomic mass is 9.91. The molecule has 0 heterocycles. The van der Waals surface area contributed by atoms with Gasteiger partial charge in [-0.15, -0.1) is 0 Å². The van der Waals surface area contributed by atoms with E-state index >= 15 is 0 Å². The van der Waals surface area contributed by atoms with Gasteiger partial charge in [-0.05, 0) is 44.5 Å². The molecule has 0 saturated heterocycles. The molecule has 0 aliphatic carbocycles. The zero-order valence-electron chi connectivity index (χ0n) is 13.6. The van der Waals surface area contributed by atoms with Gasteiger partial charge in [-0.2, -0.15) is 0 Å². The second-order valence-electron chi connectivity index (χ2n) is 6.64. The molecule has 3 nitrogen and oxygen atoms in total. The van der Waals surface area contributed by atoms with Crippen molar-refractivity contribution in [3.63, 3.8) is 0 Å². The van der Waals surface area contributed by atoms with Crippen molar-refractivity contribution in [3.8, 4) is 11.5 Å². The van der Waals surface area contributed by atoms with Crippen molar-refractivity contribution in [2.75, 3.05) is 33.9 Å². The number of hydrogen-bond acceptors (Lipinski definition) is 3. The minimum atomic E-state index is 0.375. The third-order valence-electron chi connectivity index (χ3n) is 2.95. The van der Waals surface area contributed by atoms with Crippen molar-refractivity contribution < 1.29 is 9.47 Å². The predicted octanol–water partition coefficient (Wildman–Crippen LogP) is 3.83. The lowest BCUT2D eigenvalue weighted by Crippen LogP contribution is -2.19. The third-order valence-corrected chi connectivity index (χ3v) is 2.95. The molecule has 0 bridgehead atoms. The monoisotopic (exact) mass is 279 g/mol. The molecule has 114 valence electrons. The van der Waals surface area contributed by atoms with Crippen LogP contribution in [0.3, 0.4) is 0 Å². The summed E-state index contributed by atoms with van der Waals surface area (Å²) >= 11 is 0. The highest BCUT2D eigenvalue weighted by Crippen LogP contribution is 2.22. The van der Waals surface area contributed by atoms with E-state index in [0.717, 1.165) is 31.1 Å². The summed E-state index contributed by atoms with van der Waals surface area (Å²) in [5.41, 5.74) is 0.375. The van der Waals surface area contributed by atoms with Crippen LogP contribution in [-0.2, 0) is 0 Å². The quantitative estimate of drug-likeness (QED) is 0.675. The summed E-state index contributed by atoms with van der Waals surface area (Å²) in [5.74, 6) is 1.77. The third kappa shape index (κ3) is 8.05. The fourth-order valence-corrected chi connectivity index (χ4v) is 1.79. The van der Waals surface area contributed by atoms with E-state index in [1.54, 1.807) is 0 Å². The minimum Gasteiger partial charge on any atom is -0.493 e. The highest BCUT2D eigenvalue weighted by atomic mass is 16.5. The molecule has 3 heteroatoms. The molecule has 0 unspecified atom stereocenters. The molecule has 1 aromatic carbocycles. The molecule has 0 fully saturated rings. The first kappa shape index (κ1) is 16.8. The average Bonchev–Trinajstić information content (AvgIpc) is 2.34. The fourth-order valence-electron chi connectivity index (χ4n) is 1.79. The van der Waals surface area contributed by atoms with Gasteiger partial charge in [0, 0.05) is 12.6 Å². The van der Waals surface area contributed by atoms with Crippen LogP contribution in [0.25, 0.3) is 0 Å². The Morgan fingerprint density at radius 1 is 1.00 bits per heavy atom. The Labute approximate surface area is 123 Å². The highest BCUT2D eigenvalue weighted by molar-refractivity contribution is 5.32. The van der Waals surface area contributed by atoms with E-state index in [9.17, 15) is 0 Å². The summed E-state index contributed by atoms with van der Waals surface area (Å²) in [6.07, 6.45) is 2.25. The smallest absolute Gasteiger partial charge is 0.123 e. The Hall–Kier alpha value is -1.22. The number of likely N-dealkylation sites (N-methyl/N-ethyl adjacent to an activating group) is 1. The van der Waals surface area contributed by atoms with Crippen molar-refractivity contribution in [1.82, 2.24) is 4.90 Å². The molecule has 1 aromatic rings. The first-order valence-electron chi connectivity index (χ1n) is 7.37. The van der Waals surface area contributed by atoms with Gasteiger partial charge >= 0.3 is 0 Å². The molecular formula is C17H29NO2. The van der Waals surface area contributed by atoms with Crippen LogP contribution in [0, 0.1) is 5.41 Å². The van der Waals surface area contributed by atoms with Crippen LogP contribution in [0.5, 0.6) is 11.5 Å². The molecule has 0 radical (unpaired) electrons. The molecule has 0 aromatic heterocycles. The topological polar surface area (TPSA) is 21.7 Å². The normalized spacial score (nSPS) is 11.7.